The van der Waals surface area contributed by atoms with Gasteiger partial charge in [-0.15, -0.1) is 0 Å². The number of carbonyl (C=O) groups is 1. The van der Waals surface area contributed by atoms with Crippen molar-refractivity contribution in [2.75, 3.05) is 23.7 Å². The van der Waals surface area contributed by atoms with Gasteiger partial charge in [0, 0.05) is 31.4 Å². The van der Waals surface area contributed by atoms with E-state index in [0.717, 1.165) is 38.3 Å². The molecule has 0 amide bonds. The Balaban J connectivity index is 1.73. The number of rotatable bonds is 3. The fraction of sp³-hybridized carbons (Fsp3) is 0.524. The van der Waals surface area contributed by atoms with Crippen molar-refractivity contribution in [3.05, 3.63) is 33.6 Å². The van der Waals surface area contributed by atoms with E-state index in [1.54, 1.807) is 4.90 Å². The lowest BCUT2D eigenvalue weighted by molar-refractivity contribution is 0.0695. The summed E-state index contributed by atoms with van der Waals surface area (Å²) in [6.07, 6.45) is 5.49. The smallest absolute Gasteiger partial charge is 0.341 e. The van der Waals surface area contributed by atoms with Gasteiger partial charge in [-0.25, -0.2) is 13.6 Å². The quantitative estimate of drug-likeness (QED) is 0.660. The molecule has 1 aromatic carbocycles. The fourth-order valence-corrected chi connectivity index (χ4v) is 5.32. The number of hydrogen-bond donors (Lipinski definition) is 3. The molecule has 0 spiro atoms. The molecule has 3 fully saturated rings. The van der Waals surface area contributed by atoms with Gasteiger partial charge in [-0.2, -0.15) is 0 Å². The highest BCUT2D eigenvalue weighted by molar-refractivity contribution is 5.99. The summed E-state index contributed by atoms with van der Waals surface area (Å²) in [5.41, 5.74) is 9.90. The third-order valence-corrected chi connectivity index (χ3v) is 7.01. The summed E-state index contributed by atoms with van der Waals surface area (Å²) in [6, 6.07) is -0.131. The van der Waals surface area contributed by atoms with Crippen LogP contribution in [0, 0.1) is 23.5 Å². The maximum absolute atomic E-state index is 15.8. The molecule has 3 atom stereocenters. The molecule has 1 saturated heterocycles. The Bertz CT molecular complexity index is 1130. The van der Waals surface area contributed by atoms with Gasteiger partial charge in [0.05, 0.1) is 16.6 Å². The van der Waals surface area contributed by atoms with Crippen LogP contribution in [0.25, 0.3) is 10.9 Å². The standard InChI is InChI=1S/C21H24F2N4O3/c22-15-17(25)14-18(27(10-4-5-10)8-12(20(14)28)21(29)30)16(23)19(15)26-6-9-2-1-3-13(24)11(9)7-26/h8-11,13H,1-7,24-25H2,(H,29,30)/t9-,11+,13-/m1/s1. The van der Waals surface area contributed by atoms with E-state index in [4.69, 9.17) is 11.5 Å². The summed E-state index contributed by atoms with van der Waals surface area (Å²) in [5, 5.41) is 9.00. The molecule has 2 heterocycles. The number of nitrogen functional groups attached to an aromatic ring is 1. The molecule has 2 saturated carbocycles. The highest BCUT2D eigenvalue weighted by atomic mass is 19.1. The van der Waals surface area contributed by atoms with Crippen LogP contribution in [0.2, 0.25) is 0 Å². The highest BCUT2D eigenvalue weighted by Crippen LogP contribution is 2.44. The van der Waals surface area contributed by atoms with Crippen molar-refractivity contribution >= 4 is 28.2 Å². The number of nitrogens with two attached hydrogens (primary N) is 2. The van der Waals surface area contributed by atoms with E-state index in [-0.39, 0.29) is 35.1 Å². The highest BCUT2D eigenvalue weighted by Gasteiger charge is 2.41. The second kappa shape index (κ2) is 6.66. The zero-order valence-electron chi connectivity index (χ0n) is 16.4. The molecule has 0 unspecified atom stereocenters. The van der Waals surface area contributed by atoms with Crippen LogP contribution < -0.4 is 21.8 Å². The molecule has 0 radical (unpaired) electrons. The molecule has 1 aromatic heterocycles. The maximum Gasteiger partial charge on any atom is 0.341 e. The molecule has 0 bridgehead atoms. The Morgan fingerprint density at radius 2 is 1.87 bits per heavy atom. The Kier molecular flexibility index (Phi) is 4.29. The number of carboxylic acids is 1. The van der Waals surface area contributed by atoms with Crippen LogP contribution in [0.4, 0.5) is 20.2 Å². The minimum Gasteiger partial charge on any atom is -0.477 e. The lowest BCUT2D eigenvalue weighted by Gasteiger charge is -2.29. The van der Waals surface area contributed by atoms with E-state index in [0.29, 0.717) is 13.1 Å². The van der Waals surface area contributed by atoms with Crippen LogP contribution in [0.15, 0.2) is 11.0 Å². The van der Waals surface area contributed by atoms with Crippen LogP contribution in [0.1, 0.15) is 48.5 Å². The number of pyridine rings is 1. The zero-order chi connectivity index (χ0) is 21.3. The molecular formula is C21H24F2N4O3. The van der Waals surface area contributed by atoms with Gasteiger partial charge in [0.25, 0.3) is 0 Å². The SMILES string of the molecule is Nc1c(F)c(N2C[C@H]3CCC[C@@H](N)[C@H]3C2)c(F)c2c1c(=O)c(C(=O)O)cn2C1CC1. The predicted octanol–water partition coefficient (Wildman–Crippen LogP) is 2.46. The van der Waals surface area contributed by atoms with Gasteiger partial charge in [0.15, 0.2) is 11.6 Å². The van der Waals surface area contributed by atoms with E-state index in [2.05, 4.69) is 0 Å². The Morgan fingerprint density at radius 1 is 1.13 bits per heavy atom. The first kappa shape index (κ1) is 19.3. The Labute approximate surface area is 171 Å². The molecule has 3 aliphatic rings. The Hall–Kier alpha value is -2.68. The lowest BCUT2D eigenvalue weighted by Crippen LogP contribution is -2.38. The number of aromatic carboxylic acids is 1. The number of benzene rings is 1. The number of fused-ring (bicyclic) bond motifs is 2. The van der Waals surface area contributed by atoms with Crippen LogP contribution in [-0.2, 0) is 0 Å². The monoisotopic (exact) mass is 418 g/mol. The molecule has 5 N–H and O–H groups in total. The minimum absolute atomic E-state index is 0.000412. The van der Waals surface area contributed by atoms with E-state index in [1.165, 1.54) is 4.57 Å². The second-order valence-electron chi connectivity index (χ2n) is 8.85. The van der Waals surface area contributed by atoms with Crippen molar-refractivity contribution < 1.29 is 18.7 Å². The van der Waals surface area contributed by atoms with Crippen LogP contribution in [0.3, 0.4) is 0 Å². The lowest BCUT2D eigenvalue weighted by atomic mass is 9.78. The zero-order valence-corrected chi connectivity index (χ0v) is 16.4. The van der Waals surface area contributed by atoms with Gasteiger partial charge in [0.1, 0.15) is 11.3 Å². The largest absolute Gasteiger partial charge is 0.477 e. The first-order valence-corrected chi connectivity index (χ1v) is 10.4. The third-order valence-electron chi connectivity index (χ3n) is 7.01. The third kappa shape index (κ3) is 2.71. The number of aromatic nitrogens is 1. The first-order valence-electron chi connectivity index (χ1n) is 10.4. The number of halogens is 2. The van der Waals surface area contributed by atoms with E-state index < -0.39 is 39.7 Å². The summed E-state index contributed by atoms with van der Waals surface area (Å²) >= 11 is 0. The summed E-state index contributed by atoms with van der Waals surface area (Å²) < 4.78 is 32.6. The van der Waals surface area contributed by atoms with Crippen molar-refractivity contribution in [3.63, 3.8) is 0 Å². The van der Waals surface area contributed by atoms with Crippen molar-refractivity contribution in [3.8, 4) is 0 Å². The average Bonchev–Trinajstić information content (AvgIpc) is 3.45. The van der Waals surface area contributed by atoms with Gasteiger partial charge in [-0.05, 0) is 37.5 Å². The minimum atomic E-state index is -1.45. The fourth-order valence-electron chi connectivity index (χ4n) is 5.32. The van der Waals surface area contributed by atoms with Crippen molar-refractivity contribution in [2.24, 2.45) is 17.6 Å². The predicted molar refractivity (Wildman–Crippen MR) is 109 cm³/mol. The van der Waals surface area contributed by atoms with Gasteiger partial charge < -0.3 is 26.0 Å². The number of hydrogen-bond acceptors (Lipinski definition) is 5. The Morgan fingerprint density at radius 3 is 2.50 bits per heavy atom. The molecular weight excluding hydrogens is 394 g/mol. The molecule has 30 heavy (non-hydrogen) atoms. The molecule has 1 aliphatic heterocycles. The van der Waals surface area contributed by atoms with Gasteiger partial charge in [-0.1, -0.05) is 6.42 Å². The normalized spacial score (nSPS) is 26.2. The topological polar surface area (TPSA) is 115 Å². The van der Waals surface area contributed by atoms with E-state index in [1.807, 2.05) is 0 Å². The maximum atomic E-state index is 15.8. The van der Waals surface area contributed by atoms with Crippen molar-refractivity contribution in [2.45, 2.75) is 44.2 Å². The number of anilines is 2. The summed E-state index contributed by atoms with van der Waals surface area (Å²) in [5.74, 6) is -2.88. The summed E-state index contributed by atoms with van der Waals surface area (Å²) in [6.45, 7) is 0.920. The van der Waals surface area contributed by atoms with Crippen LogP contribution in [-0.4, -0.2) is 34.8 Å². The average molecular weight is 418 g/mol. The van der Waals surface area contributed by atoms with E-state index in [9.17, 15) is 14.7 Å². The summed E-state index contributed by atoms with van der Waals surface area (Å²) in [7, 11) is 0. The number of nitrogens with zero attached hydrogens (tertiary/aromatic N) is 2. The molecule has 2 aromatic rings. The molecule has 5 rings (SSSR count). The molecule has 9 heteroatoms. The van der Waals surface area contributed by atoms with Crippen molar-refractivity contribution in [1.29, 1.82) is 0 Å². The van der Waals surface area contributed by atoms with Gasteiger partial charge >= 0.3 is 5.97 Å². The van der Waals surface area contributed by atoms with E-state index >= 15 is 8.78 Å². The van der Waals surface area contributed by atoms with Gasteiger partial charge in [-0.3, -0.25) is 4.79 Å². The molecule has 7 nitrogen and oxygen atoms in total. The van der Waals surface area contributed by atoms with Crippen LogP contribution >= 0.6 is 0 Å². The second-order valence-corrected chi connectivity index (χ2v) is 8.85. The molecule has 160 valence electrons. The number of carboxylic acid groups (broad SMARTS) is 1. The van der Waals surface area contributed by atoms with Crippen LogP contribution in [0.5, 0.6) is 0 Å². The van der Waals surface area contributed by atoms with Crippen molar-refractivity contribution in [1.82, 2.24) is 4.57 Å². The first-order chi connectivity index (χ1) is 14.3. The molecule has 2 aliphatic carbocycles. The summed E-state index contributed by atoms with van der Waals surface area (Å²) in [4.78, 5) is 25.9. The van der Waals surface area contributed by atoms with Gasteiger partial charge in [0.2, 0.25) is 5.43 Å².